The molecule has 0 aliphatic carbocycles. The van der Waals surface area contributed by atoms with Gasteiger partial charge in [-0.25, -0.2) is 0 Å². The summed E-state index contributed by atoms with van der Waals surface area (Å²) in [6, 6.07) is 5.38. The molecule has 1 aliphatic rings. The summed E-state index contributed by atoms with van der Waals surface area (Å²) in [5.41, 5.74) is 1.61. The van der Waals surface area contributed by atoms with Gasteiger partial charge in [-0.05, 0) is 37.1 Å². The fraction of sp³-hybridized carbons (Fsp3) is 0.385. The Morgan fingerprint density at radius 1 is 1.33 bits per heavy atom. The van der Waals surface area contributed by atoms with E-state index >= 15 is 0 Å². The van der Waals surface area contributed by atoms with Gasteiger partial charge in [-0.1, -0.05) is 11.3 Å². The standard InChI is InChI=1S/C13H14B2N2O/c14-13(15,11-5-2-6-16-11)8-7-17-9-3-1-4-10(18)12(8)9/h1,3-4,7,11,16-18H,2,5-6H2. The Bertz CT molecular complexity index is 573. The van der Waals surface area contributed by atoms with Crippen LogP contribution < -0.4 is 5.32 Å². The van der Waals surface area contributed by atoms with Gasteiger partial charge in [0.15, 0.2) is 0 Å². The van der Waals surface area contributed by atoms with Crippen molar-refractivity contribution < 1.29 is 5.11 Å². The minimum absolute atomic E-state index is 0.0381. The maximum Gasteiger partial charge on any atom is 0.125 e. The van der Waals surface area contributed by atoms with Gasteiger partial charge >= 0.3 is 0 Å². The molecule has 18 heavy (non-hydrogen) atoms. The Hall–Kier alpha value is -1.35. The van der Waals surface area contributed by atoms with Crippen LogP contribution in [0.1, 0.15) is 18.4 Å². The zero-order chi connectivity index (χ0) is 12.8. The highest BCUT2D eigenvalue weighted by Gasteiger charge is 2.34. The van der Waals surface area contributed by atoms with Gasteiger partial charge in [-0.15, -0.1) is 0 Å². The van der Waals surface area contributed by atoms with Crippen molar-refractivity contribution in [1.29, 1.82) is 0 Å². The van der Waals surface area contributed by atoms with E-state index in [0.717, 1.165) is 35.9 Å². The average molecular weight is 236 g/mol. The molecule has 1 aliphatic heterocycles. The Labute approximate surface area is 109 Å². The number of phenolic OH excluding ortho intramolecular Hbond substituents is 1. The van der Waals surface area contributed by atoms with Crippen molar-refractivity contribution >= 4 is 26.6 Å². The molecule has 2 heterocycles. The second-order valence-corrected chi connectivity index (χ2v) is 4.98. The van der Waals surface area contributed by atoms with Crippen molar-refractivity contribution in [2.24, 2.45) is 0 Å². The van der Waals surface area contributed by atoms with Crippen LogP contribution in [0, 0.1) is 0 Å². The molecule has 4 radical (unpaired) electrons. The van der Waals surface area contributed by atoms with Crippen LogP contribution in [0.3, 0.4) is 0 Å². The lowest BCUT2D eigenvalue weighted by atomic mass is 9.47. The second kappa shape index (κ2) is 4.09. The molecular weight excluding hydrogens is 222 g/mol. The van der Waals surface area contributed by atoms with E-state index in [0.29, 0.717) is 0 Å². The molecular formula is C13H14B2N2O. The number of aromatic nitrogens is 1. The first-order valence-corrected chi connectivity index (χ1v) is 6.21. The van der Waals surface area contributed by atoms with E-state index in [1.165, 1.54) is 0 Å². The predicted molar refractivity (Wildman–Crippen MR) is 74.2 cm³/mol. The minimum atomic E-state index is -0.979. The summed E-state index contributed by atoms with van der Waals surface area (Å²) >= 11 is 0. The van der Waals surface area contributed by atoms with Crippen LogP contribution in [-0.4, -0.2) is 38.4 Å². The van der Waals surface area contributed by atoms with Gasteiger partial charge in [-0.2, -0.15) is 0 Å². The number of aromatic amines is 1. The number of H-pyrrole nitrogens is 1. The maximum absolute atomic E-state index is 10.00. The highest BCUT2D eigenvalue weighted by Crippen LogP contribution is 2.36. The van der Waals surface area contributed by atoms with Crippen LogP contribution in [0.5, 0.6) is 5.75 Å². The van der Waals surface area contributed by atoms with Crippen LogP contribution in [0.25, 0.3) is 10.9 Å². The van der Waals surface area contributed by atoms with Crippen molar-refractivity contribution in [3.8, 4) is 5.75 Å². The number of hydrogen-bond acceptors (Lipinski definition) is 2. The van der Waals surface area contributed by atoms with Gasteiger partial charge < -0.3 is 15.4 Å². The van der Waals surface area contributed by atoms with Gasteiger partial charge in [0.2, 0.25) is 0 Å². The van der Waals surface area contributed by atoms with E-state index in [1.807, 2.05) is 6.07 Å². The van der Waals surface area contributed by atoms with Gasteiger partial charge in [0.05, 0.1) is 15.7 Å². The predicted octanol–water partition coefficient (Wildman–Crippen LogP) is 1.12. The summed E-state index contributed by atoms with van der Waals surface area (Å²) in [5.74, 6) is 0.210. The van der Waals surface area contributed by atoms with Crippen molar-refractivity contribution in [3.05, 3.63) is 30.0 Å². The molecule has 1 unspecified atom stereocenters. The van der Waals surface area contributed by atoms with E-state index in [4.69, 9.17) is 15.7 Å². The first-order chi connectivity index (χ1) is 8.60. The molecule has 0 bridgehead atoms. The molecule has 1 saturated heterocycles. The third-order valence-electron chi connectivity index (χ3n) is 3.79. The lowest BCUT2D eigenvalue weighted by Gasteiger charge is -2.33. The average Bonchev–Trinajstić information content (AvgIpc) is 2.99. The minimum Gasteiger partial charge on any atom is -0.507 e. The second-order valence-electron chi connectivity index (χ2n) is 4.98. The Morgan fingerprint density at radius 2 is 2.17 bits per heavy atom. The summed E-state index contributed by atoms with van der Waals surface area (Å²) in [6.45, 7) is 0.940. The van der Waals surface area contributed by atoms with E-state index in [9.17, 15) is 5.11 Å². The van der Waals surface area contributed by atoms with Crippen molar-refractivity contribution in [3.63, 3.8) is 0 Å². The Kier molecular flexibility index (Phi) is 2.67. The van der Waals surface area contributed by atoms with E-state index in [-0.39, 0.29) is 11.8 Å². The van der Waals surface area contributed by atoms with E-state index in [2.05, 4.69) is 10.3 Å². The summed E-state index contributed by atoms with van der Waals surface area (Å²) in [6.07, 6.45) is 3.83. The number of nitrogens with one attached hydrogen (secondary N) is 2. The number of fused-ring (bicyclic) bond motifs is 1. The molecule has 0 amide bonds. The van der Waals surface area contributed by atoms with E-state index < -0.39 is 5.21 Å². The molecule has 1 aromatic carbocycles. The normalized spacial score (nSPS) is 20.6. The molecule has 2 aromatic rings. The first kappa shape index (κ1) is 11.7. The van der Waals surface area contributed by atoms with Crippen LogP contribution in [0.4, 0.5) is 0 Å². The van der Waals surface area contributed by atoms with Gasteiger partial charge in [0, 0.05) is 23.1 Å². The molecule has 1 fully saturated rings. The molecule has 1 atom stereocenters. The number of rotatable bonds is 2. The highest BCUT2D eigenvalue weighted by atomic mass is 16.3. The largest absolute Gasteiger partial charge is 0.507 e. The van der Waals surface area contributed by atoms with Crippen LogP contribution >= 0.6 is 0 Å². The quantitative estimate of drug-likeness (QED) is 0.684. The molecule has 1 aromatic heterocycles. The topological polar surface area (TPSA) is 48.0 Å². The lowest BCUT2D eigenvalue weighted by Crippen LogP contribution is -2.46. The number of benzene rings is 1. The first-order valence-electron chi connectivity index (χ1n) is 6.21. The molecule has 5 heteroatoms. The maximum atomic E-state index is 10.00. The highest BCUT2D eigenvalue weighted by molar-refractivity contribution is 6.41. The number of phenols is 1. The molecule has 3 nitrogen and oxygen atoms in total. The third-order valence-corrected chi connectivity index (χ3v) is 3.79. The SMILES string of the molecule is [B]C([B])(c1c[nH]c2cccc(O)c12)C1CCCN1. The summed E-state index contributed by atoms with van der Waals surface area (Å²) < 4.78 is 0. The fourth-order valence-electron chi connectivity index (χ4n) is 2.79. The van der Waals surface area contributed by atoms with Crippen LogP contribution in [0.15, 0.2) is 24.4 Å². The molecule has 3 rings (SSSR count). The summed E-state index contributed by atoms with van der Waals surface area (Å²) in [4.78, 5) is 3.11. The third kappa shape index (κ3) is 1.65. The van der Waals surface area contributed by atoms with E-state index in [1.54, 1.807) is 18.3 Å². The lowest BCUT2D eigenvalue weighted by molar-refractivity contribution is 0.480. The monoisotopic (exact) mass is 236 g/mol. The van der Waals surface area contributed by atoms with Gasteiger partial charge in [-0.3, -0.25) is 0 Å². The fourth-order valence-corrected chi connectivity index (χ4v) is 2.79. The van der Waals surface area contributed by atoms with Crippen LogP contribution in [-0.2, 0) is 5.21 Å². The van der Waals surface area contributed by atoms with Crippen LogP contribution in [0.2, 0.25) is 0 Å². The Balaban J connectivity index is 2.13. The van der Waals surface area contributed by atoms with Gasteiger partial charge in [0.1, 0.15) is 5.75 Å². The zero-order valence-electron chi connectivity index (χ0n) is 10.1. The van der Waals surface area contributed by atoms with Crippen molar-refractivity contribution in [2.45, 2.75) is 24.1 Å². The number of hydrogen-bond donors (Lipinski definition) is 3. The zero-order valence-corrected chi connectivity index (χ0v) is 10.1. The smallest absolute Gasteiger partial charge is 0.125 e. The summed E-state index contributed by atoms with van der Waals surface area (Å²) in [5, 5.41) is 13.1. The molecule has 0 spiro atoms. The van der Waals surface area contributed by atoms with Gasteiger partial charge in [0.25, 0.3) is 0 Å². The van der Waals surface area contributed by atoms with Crippen molar-refractivity contribution in [1.82, 2.24) is 10.3 Å². The van der Waals surface area contributed by atoms with Crippen molar-refractivity contribution in [2.75, 3.05) is 6.54 Å². The molecule has 3 N–H and O–H groups in total. The molecule has 0 saturated carbocycles. The summed E-state index contributed by atoms with van der Waals surface area (Å²) in [7, 11) is 12.6. The number of aromatic hydroxyl groups is 1. The Morgan fingerprint density at radius 3 is 2.89 bits per heavy atom. The molecule has 88 valence electrons.